The first-order valence-corrected chi connectivity index (χ1v) is 7.45. The molecule has 0 unspecified atom stereocenters. The Bertz CT molecular complexity index is 597. The molecular weight excluding hydrogens is 330 g/mol. The number of rotatable bonds is 5. The molecule has 0 saturated carbocycles. The number of hydrogen-bond donors (Lipinski definition) is 1. The predicted octanol–water partition coefficient (Wildman–Crippen LogP) is 2.72. The highest BCUT2D eigenvalue weighted by Crippen LogP contribution is 2.21. The molecule has 0 spiro atoms. The summed E-state index contributed by atoms with van der Waals surface area (Å²) < 4.78 is 2.90. The Labute approximate surface area is 125 Å². The van der Waals surface area contributed by atoms with Gasteiger partial charge in [0, 0.05) is 23.3 Å². The van der Waals surface area contributed by atoms with Crippen molar-refractivity contribution in [2.24, 2.45) is 0 Å². The van der Waals surface area contributed by atoms with E-state index < -0.39 is 0 Å². The topological polar surface area (TPSA) is 46.9 Å². The number of alkyl halides is 1. The summed E-state index contributed by atoms with van der Waals surface area (Å²) in [7, 11) is 0. The molecule has 2 aromatic rings. The molecule has 1 heterocycles. The number of likely N-dealkylation sites (N-methyl/N-ethyl adjacent to an activating group) is 1. The molecule has 0 saturated heterocycles. The SMILES string of the molecule is CCNC(=O)Cn1c(CCCl)nc2cc(Br)ccc21. The van der Waals surface area contributed by atoms with Crippen LogP contribution in [0, 0.1) is 0 Å². The number of fused-ring (bicyclic) bond motifs is 1. The van der Waals surface area contributed by atoms with Gasteiger partial charge in [-0.05, 0) is 25.1 Å². The van der Waals surface area contributed by atoms with E-state index in [1.165, 1.54) is 0 Å². The average Bonchev–Trinajstić information content (AvgIpc) is 2.67. The van der Waals surface area contributed by atoms with E-state index in [0.29, 0.717) is 18.8 Å². The number of nitrogens with zero attached hydrogens (tertiary/aromatic N) is 2. The molecule has 1 aromatic heterocycles. The van der Waals surface area contributed by atoms with Gasteiger partial charge in [0.15, 0.2) is 0 Å². The predicted molar refractivity (Wildman–Crippen MR) is 80.5 cm³/mol. The summed E-state index contributed by atoms with van der Waals surface area (Å²) in [5, 5.41) is 2.80. The third-order valence-electron chi connectivity index (χ3n) is 2.78. The van der Waals surface area contributed by atoms with Crippen LogP contribution in [0.4, 0.5) is 0 Å². The monoisotopic (exact) mass is 343 g/mol. The van der Waals surface area contributed by atoms with Crippen LogP contribution in [0.3, 0.4) is 0 Å². The number of carbonyl (C=O) groups excluding carboxylic acids is 1. The molecule has 0 aliphatic carbocycles. The normalized spacial score (nSPS) is 10.9. The molecule has 1 aromatic carbocycles. The molecule has 0 aliphatic rings. The first-order chi connectivity index (χ1) is 9.15. The van der Waals surface area contributed by atoms with E-state index in [2.05, 4.69) is 26.2 Å². The highest BCUT2D eigenvalue weighted by atomic mass is 79.9. The summed E-state index contributed by atoms with van der Waals surface area (Å²) in [5.74, 6) is 1.31. The number of benzene rings is 1. The van der Waals surface area contributed by atoms with Crippen molar-refractivity contribution >= 4 is 44.5 Å². The Hall–Kier alpha value is -1.07. The largest absolute Gasteiger partial charge is 0.355 e. The van der Waals surface area contributed by atoms with Gasteiger partial charge >= 0.3 is 0 Å². The second-order valence-corrected chi connectivity index (χ2v) is 5.43. The zero-order valence-corrected chi connectivity index (χ0v) is 13.0. The maximum Gasteiger partial charge on any atom is 0.239 e. The first kappa shape index (κ1) is 14.3. The highest BCUT2D eigenvalue weighted by Gasteiger charge is 2.13. The van der Waals surface area contributed by atoms with Crippen LogP contribution < -0.4 is 5.32 Å². The minimum atomic E-state index is -0.0134. The van der Waals surface area contributed by atoms with Crippen LogP contribution in [0.5, 0.6) is 0 Å². The van der Waals surface area contributed by atoms with Crippen LogP contribution in [0.2, 0.25) is 0 Å². The van der Waals surface area contributed by atoms with Crippen molar-refractivity contribution in [1.29, 1.82) is 0 Å². The zero-order chi connectivity index (χ0) is 13.8. The lowest BCUT2D eigenvalue weighted by molar-refractivity contribution is -0.121. The fourth-order valence-corrected chi connectivity index (χ4v) is 2.52. The molecule has 0 atom stereocenters. The molecule has 4 nitrogen and oxygen atoms in total. The highest BCUT2D eigenvalue weighted by molar-refractivity contribution is 9.10. The van der Waals surface area contributed by atoms with Crippen LogP contribution >= 0.6 is 27.5 Å². The molecular formula is C13H15BrClN3O. The van der Waals surface area contributed by atoms with E-state index in [1.54, 1.807) is 0 Å². The number of halogens is 2. The number of aryl methyl sites for hydroxylation is 1. The molecule has 2 rings (SSSR count). The Kier molecular flexibility index (Phi) is 4.82. The molecule has 0 fully saturated rings. The number of nitrogens with one attached hydrogen (secondary N) is 1. The van der Waals surface area contributed by atoms with Crippen LogP contribution in [0.1, 0.15) is 12.7 Å². The number of amides is 1. The van der Waals surface area contributed by atoms with E-state index in [1.807, 2.05) is 29.7 Å². The van der Waals surface area contributed by atoms with Crippen molar-refractivity contribution in [2.75, 3.05) is 12.4 Å². The summed E-state index contributed by atoms with van der Waals surface area (Å²) in [5.41, 5.74) is 1.83. The Balaban J connectivity index is 2.42. The third kappa shape index (κ3) is 3.28. The van der Waals surface area contributed by atoms with Gasteiger partial charge in [-0.3, -0.25) is 4.79 Å². The fraction of sp³-hybridized carbons (Fsp3) is 0.385. The van der Waals surface area contributed by atoms with Gasteiger partial charge in [-0.15, -0.1) is 11.6 Å². The van der Waals surface area contributed by atoms with Crippen molar-refractivity contribution in [3.05, 3.63) is 28.5 Å². The minimum Gasteiger partial charge on any atom is -0.355 e. The summed E-state index contributed by atoms with van der Waals surface area (Å²) in [6, 6.07) is 5.85. The maximum absolute atomic E-state index is 11.8. The van der Waals surface area contributed by atoms with E-state index in [9.17, 15) is 4.79 Å². The van der Waals surface area contributed by atoms with Crippen LogP contribution in [0.25, 0.3) is 11.0 Å². The second kappa shape index (κ2) is 6.39. The smallest absolute Gasteiger partial charge is 0.239 e. The lowest BCUT2D eigenvalue weighted by Crippen LogP contribution is -2.27. The number of hydrogen-bond acceptors (Lipinski definition) is 2. The Morgan fingerprint density at radius 3 is 3.00 bits per heavy atom. The van der Waals surface area contributed by atoms with Crippen LogP contribution in [-0.4, -0.2) is 27.9 Å². The van der Waals surface area contributed by atoms with Crippen molar-refractivity contribution in [3.8, 4) is 0 Å². The molecule has 19 heavy (non-hydrogen) atoms. The third-order valence-corrected chi connectivity index (χ3v) is 3.47. The first-order valence-electron chi connectivity index (χ1n) is 6.13. The van der Waals surface area contributed by atoms with E-state index in [0.717, 1.165) is 21.3 Å². The van der Waals surface area contributed by atoms with Crippen molar-refractivity contribution in [3.63, 3.8) is 0 Å². The maximum atomic E-state index is 11.8. The van der Waals surface area contributed by atoms with Crippen molar-refractivity contribution in [1.82, 2.24) is 14.9 Å². The van der Waals surface area contributed by atoms with Crippen molar-refractivity contribution in [2.45, 2.75) is 19.9 Å². The van der Waals surface area contributed by atoms with Crippen LogP contribution in [0.15, 0.2) is 22.7 Å². The standard InChI is InChI=1S/C13H15BrClN3O/c1-2-16-13(19)8-18-11-4-3-9(14)7-10(11)17-12(18)5-6-15/h3-4,7H,2,5-6,8H2,1H3,(H,16,19). The van der Waals surface area contributed by atoms with Gasteiger partial charge in [0.05, 0.1) is 11.0 Å². The van der Waals surface area contributed by atoms with E-state index in [4.69, 9.17) is 11.6 Å². The molecule has 0 radical (unpaired) electrons. The average molecular weight is 345 g/mol. The Morgan fingerprint density at radius 2 is 2.32 bits per heavy atom. The lowest BCUT2D eigenvalue weighted by Gasteiger charge is -2.08. The second-order valence-electron chi connectivity index (χ2n) is 4.14. The minimum absolute atomic E-state index is 0.0134. The van der Waals surface area contributed by atoms with E-state index >= 15 is 0 Å². The van der Waals surface area contributed by atoms with E-state index in [-0.39, 0.29) is 12.5 Å². The van der Waals surface area contributed by atoms with Gasteiger partial charge in [0.2, 0.25) is 5.91 Å². The Morgan fingerprint density at radius 1 is 1.53 bits per heavy atom. The van der Waals surface area contributed by atoms with Crippen molar-refractivity contribution < 1.29 is 4.79 Å². The number of aromatic nitrogens is 2. The summed E-state index contributed by atoms with van der Waals surface area (Å²) in [6.07, 6.45) is 0.646. The van der Waals surface area contributed by atoms with Gasteiger partial charge < -0.3 is 9.88 Å². The van der Waals surface area contributed by atoms with Gasteiger partial charge in [0.25, 0.3) is 0 Å². The molecule has 1 N–H and O–H groups in total. The molecule has 0 bridgehead atoms. The molecule has 6 heteroatoms. The number of imidazole rings is 1. The quantitative estimate of drug-likeness (QED) is 0.848. The summed E-state index contributed by atoms with van der Waals surface area (Å²) in [4.78, 5) is 16.3. The van der Waals surface area contributed by atoms with Gasteiger partial charge in [-0.1, -0.05) is 15.9 Å². The fourth-order valence-electron chi connectivity index (χ4n) is 2.00. The lowest BCUT2D eigenvalue weighted by atomic mass is 10.3. The zero-order valence-electron chi connectivity index (χ0n) is 10.6. The number of carbonyl (C=O) groups is 1. The van der Waals surface area contributed by atoms with Gasteiger partial charge in [-0.25, -0.2) is 4.98 Å². The molecule has 102 valence electrons. The molecule has 1 amide bonds. The van der Waals surface area contributed by atoms with Gasteiger partial charge in [-0.2, -0.15) is 0 Å². The van der Waals surface area contributed by atoms with Gasteiger partial charge in [0.1, 0.15) is 12.4 Å². The molecule has 0 aliphatic heterocycles. The summed E-state index contributed by atoms with van der Waals surface area (Å²) in [6.45, 7) is 2.81. The van der Waals surface area contributed by atoms with Crippen LogP contribution in [-0.2, 0) is 17.8 Å². The summed E-state index contributed by atoms with van der Waals surface area (Å²) >= 11 is 9.23.